The van der Waals surface area contributed by atoms with E-state index in [1.807, 2.05) is 6.26 Å². The SMILES string of the molecule is CSCC(O)c1cc(F)cc(F)c1. The van der Waals surface area contributed by atoms with E-state index in [-0.39, 0.29) is 5.56 Å². The molecule has 1 rings (SSSR count). The molecule has 0 saturated carbocycles. The standard InChI is InChI=1S/C9H10F2OS/c1-13-5-9(12)6-2-7(10)4-8(11)3-6/h2-4,9,12H,5H2,1H3. The Kier molecular flexibility index (Phi) is 3.69. The number of rotatable bonds is 3. The number of aliphatic hydroxyl groups is 1. The summed E-state index contributed by atoms with van der Waals surface area (Å²) in [5.74, 6) is -0.881. The van der Waals surface area contributed by atoms with Crippen molar-refractivity contribution in [1.82, 2.24) is 0 Å². The van der Waals surface area contributed by atoms with Gasteiger partial charge >= 0.3 is 0 Å². The first kappa shape index (κ1) is 10.5. The van der Waals surface area contributed by atoms with E-state index in [1.54, 1.807) is 0 Å². The van der Waals surface area contributed by atoms with Gasteiger partial charge in [-0.25, -0.2) is 8.78 Å². The number of hydrogen-bond acceptors (Lipinski definition) is 2. The third-order valence-electron chi connectivity index (χ3n) is 1.59. The van der Waals surface area contributed by atoms with Crippen molar-refractivity contribution in [1.29, 1.82) is 0 Å². The molecule has 0 radical (unpaired) electrons. The van der Waals surface area contributed by atoms with Gasteiger partial charge in [-0.3, -0.25) is 0 Å². The van der Waals surface area contributed by atoms with Gasteiger partial charge in [-0.1, -0.05) is 0 Å². The lowest BCUT2D eigenvalue weighted by molar-refractivity contribution is 0.203. The second-order valence-electron chi connectivity index (χ2n) is 2.67. The van der Waals surface area contributed by atoms with Crippen molar-refractivity contribution in [2.24, 2.45) is 0 Å². The highest BCUT2D eigenvalue weighted by atomic mass is 32.2. The maximum absolute atomic E-state index is 12.7. The lowest BCUT2D eigenvalue weighted by atomic mass is 10.1. The van der Waals surface area contributed by atoms with E-state index < -0.39 is 17.7 Å². The minimum absolute atomic E-state index is 0.284. The summed E-state index contributed by atoms with van der Waals surface area (Å²) < 4.78 is 25.3. The van der Waals surface area contributed by atoms with Gasteiger partial charge < -0.3 is 5.11 Å². The monoisotopic (exact) mass is 204 g/mol. The first-order chi connectivity index (χ1) is 6.13. The van der Waals surface area contributed by atoms with Crippen LogP contribution in [0.5, 0.6) is 0 Å². The largest absolute Gasteiger partial charge is 0.388 e. The molecule has 0 fully saturated rings. The van der Waals surface area contributed by atoms with E-state index in [9.17, 15) is 13.9 Å². The van der Waals surface area contributed by atoms with Crippen molar-refractivity contribution in [3.8, 4) is 0 Å². The molecule has 0 aliphatic carbocycles. The van der Waals surface area contributed by atoms with Crippen molar-refractivity contribution in [3.05, 3.63) is 35.4 Å². The zero-order valence-corrected chi connectivity index (χ0v) is 7.94. The fourth-order valence-corrected chi connectivity index (χ4v) is 1.53. The summed E-state index contributed by atoms with van der Waals surface area (Å²) in [4.78, 5) is 0. The Morgan fingerprint density at radius 3 is 2.31 bits per heavy atom. The van der Waals surface area contributed by atoms with Gasteiger partial charge in [0.2, 0.25) is 0 Å². The molecule has 0 spiro atoms. The van der Waals surface area contributed by atoms with E-state index in [4.69, 9.17) is 0 Å². The van der Waals surface area contributed by atoms with Crippen LogP contribution in [0, 0.1) is 11.6 Å². The Bertz CT molecular complexity index is 271. The molecule has 1 unspecified atom stereocenters. The molecule has 0 aromatic heterocycles. The molecule has 0 amide bonds. The molecule has 72 valence electrons. The van der Waals surface area contributed by atoms with Gasteiger partial charge in [-0.15, -0.1) is 0 Å². The number of halogens is 2. The highest BCUT2D eigenvalue weighted by Gasteiger charge is 2.09. The van der Waals surface area contributed by atoms with E-state index >= 15 is 0 Å². The van der Waals surface area contributed by atoms with Crippen LogP contribution in [-0.2, 0) is 0 Å². The minimum Gasteiger partial charge on any atom is -0.388 e. The zero-order valence-electron chi connectivity index (χ0n) is 7.13. The predicted molar refractivity (Wildman–Crippen MR) is 49.7 cm³/mol. The summed E-state index contributed by atoms with van der Waals surface area (Å²) in [6.45, 7) is 0. The molecule has 4 heteroatoms. The van der Waals surface area contributed by atoms with Crippen LogP contribution >= 0.6 is 11.8 Å². The molecule has 1 aromatic rings. The van der Waals surface area contributed by atoms with Crippen molar-refractivity contribution in [2.45, 2.75) is 6.10 Å². The first-order valence-corrected chi connectivity index (χ1v) is 5.16. The Morgan fingerprint density at radius 2 is 1.85 bits per heavy atom. The van der Waals surface area contributed by atoms with Crippen LogP contribution in [-0.4, -0.2) is 17.1 Å². The first-order valence-electron chi connectivity index (χ1n) is 3.76. The fourth-order valence-electron chi connectivity index (χ4n) is 1.02. The van der Waals surface area contributed by atoms with Crippen LogP contribution in [0.2, 0.25) is 0 Å². The van der Waals surface area contributed by atoms with Crippen LogP contribution in [0.15, 0.2) is 18.2 Å². The zero-order chi connectivity index (χ0) is 9.84. The molecule has 0 bridgehead atoms. The van der Waals surface area contributed by atoms with E-state index in [1.165, 1.54) is 11.8 Å². The van der Waals surface area contributed by atoms with Crippen LogP contribution in [0.1, 0.15) is 11.7 Å². The Morgan fingerprint density at radius 1 is 1.31 bits per heavy atom. The summed E-state index contributed by atoms with van der Waals surface area (Å²) in [5.41, 5.74) is 0.284. The van der Waals surface area contributed by atoms with Gasteiger partial charge in [-0.05, 0) is 24.0 Å². The predicted octanol–water partition coefficient (Wildman–Crippen LogP) is 2.36. The van der Waals surface area contributed by atoms with Gasteiger partial charge in [0.05, 0.1) is 6.10 Å². The Hall–Kier alpha value is -0.610. The third-order valence-corrected chi connectivity index (χ3v) is 2.24. The van der Waals surface area contributed by atoms with Crippen LogP contribution in [0.3, 0.4) is 0 Å². The molecule has 0 aliphatic heterocycles. The van der Waals surface area contributed by atoms with Crippen molar-refractivity contribution < 1.29 is 13.9 Å². The van der Waals surface area contributed by atoms with Gasteiger partial charge in [0.25, 0.3) is 0 Å². The average Bonchev–Trinajstić information content (AvgIpc) is 2.03. The summed E-state index contributed by atoms with van der Waals surface area (Å²) in [6.07, 6.45) is 1.01. The Labute approximate surface area is 79.8 Å². The maximum atomic E-state index is 12.7. The molecule has 0 saturated heterocycles. The highest BCUT2D eigenvalue weighted by molar-refractivity contribution is 7.98. The summed E-state index contributed by atoms with van der Waals surface area (Å²) in [7, 11) is 0. The van der Waals surface area contributed by atoms with E-state index in [0.717, 1.165) is 18.2 Å². The molecule has 13 heavy (non-hydrogen) atoms. The highest BCUT2D eigenvalue weighted by Crippen LogP contribution is 2.18. The third kappa shape index (κ3) is 2.97. The fraction of sp³-hybridized carbons (Fsp3) is 0.333. The molecule has 0 aliphatic rings. The minimum atomic E-state index is -0.805. The topological polar surface area (TPSA) is 20.2 Å². The van der Waals surface area contributed by atoms with Gasteiger partial charge in [0.1, 0.15) is 11.6 Å². The van der Waals surface area contributed by atoms with Crippen LogP contribution in [0.25, 0.3) is 0 Å². The maximum Gasteiger partial charge on any atom is 0.126 e. The molecule has 1 nitrogen and oxygen atoms in total. The molecule has 1 aromatic carbocycles. The number of aliphatic hydroxyl groups excluding tert-OH is 1. The summed E-state index contributed by atoms with van der Waals surface area (Å²) in [5, 5.41) is 9.42. The second-order valence-corrected chi connectivity index (χ2v) is 3.58. The molecule has 0 heterocycles. The molecular formula is C9H10F2OS. The molecule has 1 atom stereocenters. The lowest BCUT2D eigenvalue weighted by Crippen LogP contribution is -2.01. The summed E-state index contributed by atoms with van der Waals surface area (Å²) in [6, 6.07) is 3.07. The normalized spacial score (nSPS) is 12.9. The Balaban J connectivity index is 2.87. The van der Waals surface area contributed by atoms with E-state index in [0.29, 0.717) is 5.75 Å². The number of hydrogen-bond donors (Lipinski definition) is 1. The smallest absolute Gasteiger partial charge is 0.126 e. The van der Waals surface area contributed by atoms with Crippen LogP contribution in [0.4, 0.5) is 8.78 Å². The van der Waals surface area contributed by atoms with Gasteiger partial charge in [0.15, 0.2) is 0 Å². The van der Waals surface area contributed by atoms with Crippen LogP contribution < -0.4 is 0 Å². The summed E-state index contributed by atoms with van der Waals surface area (Å²) >= 11 is 1.42. The average molecular weight is 204 g/mol. The van der Waals surface area contributed by atoms with Gasteiger partial charge in [-0.2, -0.15) is 11.8 Å². The van der Waals surface area contributed by atoms with Crippen molar-refractivity contribution in [2.75, 3.05) is 12.0 Å². The van der Waals surface area contributed by atoms with E-state index in [2.05, 4.69) is 0 Å². The van der Waals surface area contributed by atoms with Crippen molar-refractivity contribution >= 4 is 11.8 Å². The number of benzene rings is 1. The molecular weight excluding hydrogens is 194 g/mol. The second kappa shape index (κ2) is 4.58. The molecule has 1 N–H and O–H groups in total. The van der Waals surface area contributed by atoms with Gasteiger partial charge in [0, 0.05) is 11.8 Å². The van der Waals surface area contributed by atoms with Crippen molar-refractivity contribution in [3.63, 3.8) is 0 Å². The lowest BCUT2D eigenvalue weighted by Gasteiger charge is -2.08. The number of thioether (sulfide) groups is 1. The quantitative estimate of drug-likeness (QED) is 0.815.